The molecule has 1 aromatic carbocycles. The molecule has 0 bridgehead atoms. The molecule has 0 N–H and O–H groups in total. The minimum atomic E-state index is -0.219. The molecule has 0 saturated heterocycles. The molecule has 0 amide bonds. The number of aromatic nitrogens is 1. The first-order chi connectivity index (χ1) is 16.5. The SMILES string of the molecule is CCCCCCCCCCCCCCCCCC(=O)c1c(C)cn(Cc2ccc(F)cc2)c1C. The molecule has 0 unspecified atom stereocenters. The third kappa shape index (κ3) is 10.6. The Bertz CT molecular complexity index is 821. The summed E-state index contributed by atoms with van der Waals surface area (Å²) in [5.74, 6) is 0.0473. The second-order valence-electron chi connectivity index (χ2n) is 10.1. The molecule has 0 spiro atoms. The highest BCUT2D eigenvalue weighted by atomic mass is 19.1. The maximum atomic E-state index is 13.2. The summed E-state index contributed by atoms with van der Waals surface area (Å²) >= 11 is 0. The van der Waals surface area contributed by atoms with Crippen molar-refractivity contribution in [1.82, 2.24) is 4.57 Å². The number of rotatable bonds is 19. The van der Waals surface area contributed by atoms with Crippen LogP contribution in [0.3, 0.4) is 0 Å². The van der Waals surface area contributed by atoms with Gasteiger partial charge in [-0.15, -0.1) is 0 Å². The smallest absolute Gasteiger partial charge is 0.164 e. The fourth-order valence-electron chi connectivity index (χ4n) is 4.98. The van der Waals surface area contributed by atoms with Gasteiger partial charge in [-0.25, -0.2) is 4.39 Å². The van der Waals surface area contributed by atoms with E-state index in [1.807, 2.05) is 13.8 Å². The first-order valence-electron chi connectivity index (χ1n) is 14.0. The molecule has 2 nitrogen and oxygen atoms in total. The number of halogens is 1. The highest BCUT2D eigenvalue weighted by Crippen LogP contribution is 2.21. The molecular weight excluding hydrogens is 421 g/mol. The van der Waals surface area contributed by atoms with Gasteiger partial charge in [0.1, 0.15) is 5.82 Å². The molecule has 1 aromatic heterocycles. The normalized spacial score (nSPS) is 11.3. The lowest BCUT2D eigenvalue weighted by atomic mass is 10.0. The molecule has 2 rings (SSSR count). The van der Waals surface area contributed by atoms with Crippen molar-refractivity contribution in [1.29, 1.82) is 0 Å². The predicted octanol–water partition coefficient (Wildman–Crippen LogP) is 9.74. The molecule has 0 saturated carbocycles. The van der Waals surface area contributed by atoms with Gasteiger partial charge in [0, 0.05) is 30.4 Å². The summed E-state index contributed by atoms with van der Waals surface area (Å²) < 4.78 is 15.3. The average molecular weight is 470 g/mol. The van der Waals surface area contributed by atoms with Crippen LogP contribution in [-0.2, 0) is 6.54 Å². The molecule has 0 aliphatic carbocycles. The number of ketones is 1. The molecule has 1 heterocycles. The number of carbonyl (C=O) groups excluding carboxylic acids is 1. The van der Waals surface area contributed by atoms with Crippen molar-refractivity contribution in [3.05, 3.63) is 58.7 Å². The Morgan fingerprint density at radius 3 is 1.71 bits per heavy atom. The number of Topliss-reactive ketones (excluding diaryl/α,β-unsaturated/α-hetero) is 1. The number of nitrogens with zero attached hydrogens (tertiary/aromatic N) is 1. The molecule has 0 aliphatic rings. The van der Waals surface area contributed by atoms with Crippen LogP contribution < -0.4 is 0 Å². The molecule has 2 aromatic rings. The van der Waals surface area contributed by atoms with Crippen molar-refractivity contribution in [3.63, 3.8) is 0 Å². The summed E-state index contributed by atoms with van der Waals surface area (Å²) in [4.78, 5) is 12.9. The molecule has 190 valence electrons. The lowest BCUT2D eigenvalue weighted by molar-refractivity contribution is 0.0978. The molecule has 0 fully saturated rings. The van der Waals surface area contributed by atoms with Gasteiger partial charge >= 0.3 is 0 Å². The van der Waals surface area contributed by atoms with Crippen LogP contribution in [0.1, 0.15) is 137 Å². The maximum absolute atomic E-state index is 13.2. The second-order valence-corrected chi connectivity index (χ2v) is 10.1. The van der Waals surface area contributed by atoms with Gasteiger partial charge in [0.15, 0.2) is 5.78 Å². The van der Waals surface area contributed by atoms with Crippen molar-refractivity contribution in [2.45, 2.75) is 130 Å². The zero-order valence-corrected chi connectivity index (χ0v) is 22.1. The van der Waals surface area contributed by atoms with E-state index in [0.29, 0.717) is 13.0 Å². The van der Waals surface area contributed by atoms with Crippen molar-refractivity contribution >= 4 is 5.78 Å². The van der Waals surface area contributed by atoms with E-state index < -0.39 is 0 Å². The summed E-state index contributed by atoms with van der Waals surface area (Å²) in [6, 6.07) is 6.59. The molecule has 0 atom stereocenters. The summed E-state index contributed by atoms with van der Waals surface area (Å²) in [5, 5.41) is 0. The van der Waals surface area contributed by atoms with Gasteiger partial charge in [0.2, 0.25) is 0 Å². The quantitative estimate of drug-likeness (QED) is 0.148. The number of benzene rings is 1. The van der Waals surface area contributed by atoms with E-state index in [0.717, 1.165) is 35.2 Å². The van der Waals surface area contributed by atoms with Crippen LogP contribution in [0.15, 0.2) is 30.5 Å². The third-order valence-corrected chi connectivity index (χ3v) is 7.09. The topological polar surface area (TPSA) is 22.0 Å². The van der Waals surface area contributed by atoms with Gasteiger partial charge in [0.25, 0.3) is 0 Å². The fraction of sp³-hybridized carbons (Fsp3) is 0.645. The van der Waals surface area contributed by atoms with Crippen molar-refractivity contribution in [2.75, 3.05) is 0 Å². The van der Waals surface area contributed by atoms with Crippen LogP contribution in [0.2, 0.25) is 0 Å². The third-order valence-electron chi connectivity index (χ3n) is 7.09. The number of hydrogen-bond acceptors (Lipinski definition) is 1. The molecule has 34 heavy (non-hydrogen) atoms. The Morgan fingerprint density at radius 1 is 0.735 bits per heavy atom. The van der Waals surface area contributed by atoms with E-state index in [2.05, 4.69) is 17.7 Å². The van der Waals surface area contributed by atoms with E-state index in [9.17, 15) is 9.18 Å². The van der Waals surface area contributed by atoms with Crippen LogP contribution in [-0.4, -0.2) is 10.4 Å². The van der Waals surface area contributed by atoms with Gasteiger partial charge in [-0.05, 0) is 43.5 Å². The van der Waals surface area contributed by atoms with E-state index in [4.69, 9.17) is 0 Å². The standard InChI is InChI=1S/C31H48FNO/c1-4-5-6-7-8-9-10-11-12-13-14-15-16-17-18-19-30(34)31-26(2)24-33(27(31)3)25-28-20-22-29(32)23-21-28/h20-24H,4-19,25H2,1-3H3. The van der Waals surface area contributed by atoms with Gasteiger partial charge < -0.3 is 4.57 Å². The Balaban J connectivity index is 1.54. The zero-order chi connectivity index (χ0) is 24.6. The number of aryl methyl sites for hydroxylation is 1. The van der Waals surface area contributed by atoms with E-state index in [1.165, 1.54) is 95.6 Å². The molecular formula is C31H48FNO. The Hall–Kier alpha value is -1.90. The minimum Gasteiger partial charge on any atom is -0.346 e. The van der Waals surface area contributed by atoms with E-state index >= 15 is 0 Å². The van der Waals surface area contributed by atoms with E-state index in [-0.39, 0.29) is 11.6 Å². The van der Waals surface area contributed by atoms with Gasteiger partial charge in [-0.1, -0.05) is 109 Å². The van der Waals surface area contributed by atoms with Crippen molar-refractivity contribution in [3.8, 4) is 0 Å². The van der Waals surface area contributed by atoms with Gasteiger partial charge in [0.05, 0.1) is 0 Å². The maximum Gasteiger partial charge on any atom is 0.164 e. The zero-order valence-electron chi connectivity index (χ0n) is 22.1. The monoisotopic (exact) mass is 469 g/mol. The summed E-state index contributed by atoms with van der Waals surface area (Å²) in [6.45, 7) is 6.99. The van der Waals surface area contributed by atoms with Gasteiger partial charge in [-0.3, -0.25) is 4.79 Å². The molecule has 0 aliphatic heterocycles. The van der Waals surface area contributed by atoms with Crippen LogP contribution in [0, 0.1) is 19.7 Å². The Kier molecular flexibility index (Phi) is 13.9. The van der Waals surface area contributed by atoms with E-state index in [1.54, 1.807) is 12.1 Å². The number of carbonyl (C=O) groups is 1. The van der Waals surface area contributed by atoms with Gasteiger partial charge in [-0.2, -0.15) is 0 Å². The largest absolute Gasteiger partial charge is 0.346 e. The first-order valence-corrected chi connectivity index (χ1v) is 14.0. The average Bonchev–Trinajstić information content (AvgIpc) is 3.10. The molecule has 0 radical (unpaired) electrons. The fourth-order valence-corrected chi connectivity index (χ4v) is 4.98. The first kappa shape index (κ1) is 28.3. The highest BCUT2D eigenvalue weighted by Gasteiger charge is 2.16. The summed E-state index contributed by atoms with van der Waals surface area (Å²) in [7, 11) is 0. The van der Waals surface area contributed by atoms with Crippen molar-refractivity contribution < 1.29 is 9.18 Å². The minimum absolute atomic E-state index is 0.219. The number of hydrogen-bond donors (Lipinski definition) is 0. The van der Waals surface area contributed by atoms with Crippen LogP contribution in [0.5, 0.6) is 0 Å². The van der Waals surface area contributed by atoms with Crippen LogP contribution >= 0.6 is 0 Å². The number of unbranched alkanes of at least 4 members (excludes halogenated alkanes) is 14. The summed E-state index contributed by atoms with van der Waals surface area (Å²) in [6.07, 6.45) is 22.7. The Labute approximate surface area is 208 Å². The Morgan fingerprint density at radius 2 is 1.21 bits per heavy atom. The van der Waals surface area contributed by atoms with Crippen molar-refractivity contribution in [2.24, 2.45) is 0 Å². The van der Waals surface area contributed by atoms with Crippen LogP contribution in [0.4, 0.5) is 4.39 Å². The predicted molar refractivity (Wildman–Crippen MR) is 143 cm³/mol. The second kappa shape index (κ2) is 16.7. The molecule has 3 heteroatoms. The van der Waals surface area contributed by atoms with Crippen LogP contribution in [0.25, 0.3) is 0 Å². The lowest BCUT2D eigenvalue weighted by Gasteiger charge is -2.08. The lowest BCUT2D eigenvalue weighted by Crippen LogP contribution is -2.05. The summed E-state index contributed by atoms with van der Waals surface area (Å²) in [5.41, 5.74) is 3.99. The highest BCUT2D eigenvalue weighted by molar-refractivity contribution is 5.98.